The van der Waals surface area contributed by atoms with Crippen molar-refractivity contribution in [3.63, 3.8) is 0 Å². The van der Waals surface area contributed by atoms with Gasteiger partial charge in [0, 0.05) is 9.79 Å². The summed E-state index contributed by atoms with van der Waals surface area (Å²) in [4.78, 5) is 10.9. The Bertz CT molecular complexity index is 855. The molecule has 1 heterocycles. The number of aryl methyl sites for hydroxylation is 1. The lowest BCUT2D eigenvalue weighted by molar-refractivity contribution is -0.192. The Balaban J connectivity index is 0.000000370. The minimum absolute atomic E-state index is 0.191. The summed E-state index contributed by atoms with van der Waals surface area (Å²) in [5.74, 6) is -2.45. The fourth-order valence-corrected chi connectivity index (χ4v) is 4.28. The predicted molar refractivity (Wildman–Crippen MR) is 105 cm³/mol. The normalized spacial score (nSPS) is 14.8. The Hall–Kier alpha value is -1.77. The molecule has 1 saturated heterocycles. The van der Waals surface area contributed by atoms with E-state index in [9.17, 15) is 17.6 Å². The Morgan fingerprint density at radius 3 is 2.31 bits per heavy atom. The van der Waals surface area contributed by atoms with Gasteiger partial charge < -0.3 is 10.4 Å². The Kier molecular flexibility index (Phi) is 8.36. The lowest BCUT2D eigenvalue weighted by Gasteiger charge is -2.25. The quantitative estimate of drug-likeness (QED) is 0.561. The standard InChI is InChI=1S/C18H19ClFNS.C2HF3O2/c1-12-2-5-17(16(19)10-12)22-18-11-14(20)3-4-15(18)13-6-8-21-9-7-13;3-2(4,5)1(6)7/h2-5,10-11,13,21H,6-9H2,1H3;(H,6,7). The number of halogens is 5. The van der Waals surface area contributed by atoms with Gasteiger partial charge >= 0.3 is 12.1 Å². The first-order valence-electron chi connectivity index (χ1n) is 8.82. The van der Waals surface area contributed by atoms with Crippen molar-refractivity contribution in [1.29, 1.82) is 0 Å². The first-order valence-corrected chi connectivity index (χ1v) is 10.0. The highest BCUT2D eigenvalue weighted by molar-refractivity contribution is 7.99. The van der Waals surface area contributed by atoms with Crippen molar-refractivity contribution in [2.75, 3.05) is 13.1 Å². The van der Waals surface area contributed by atoms with E-state index >= 15 is 0 Å². The molecule has 29 heavy (non-hydrogen) atoms. The van der Waals surface area contributed by atoms with E-state index in [1.165, 1.54) is 5.56 Å². The van der Waals surface area contributed by atoms with E-state index in [1.807, 2.05) is 31.2 Å². The predicted octanol–water partition coefficient (Wildman–Crippen LogP) is 6.04. The van der Waals surface area contributed by atoms with Crippen LogP contribution in [0.3, 0.4) is 0 Å². The van der Waals surface area contributed by atoms with Gasteiger partial charge in [-0.15, -0.1) is 0 Å². The first kappa shape index (κ1) is 23.5. The molecule has 2 aromatic carbocycles. The van der Waals surface area contributed by atoms with Crippen molar-refractivity contribution in [2.45, 2.75) is 41.7 Å². The van der Waals surface area contributed by atoms with Crippen molar-refractivity contribution in [1.82, 2.24) is 5.32 Å². The summed E-state index contributed by atoms with van der Waals surface area (Å²) < 4.78 is 45.5. The molecule has 0 unspecified atom stereocenters. The van der Waals surface area contributed by atoms with Crippen LogP contribution >= 0.6 is 23.4 Å². The van der Waals surface area contributed by atoms with E-state index in [-0.39, 0.29) is 5.82 Å². The monoisotopic (exact) mass is 449 g/mol. The second-order valence-corrected chi connectivity index (χ2v) is 8.04. The summed E-state index contributed by atoms with van der Waals surface area (Å²) in [7, 11) is 0. The van der Waals surface area contributed by atoms with Gasteiger partial charge in [0.1, 0.15) is 5.82 Å². The highest BCUT2D eigenvalue weighted by atomic mass is 35.5. The van der Waals surface area contributed by atoms with Crippen LogP contribution in [0.5, 0.6) is 0 Å². The average molecular weight is 450 g/mol. The zero-order valence-electron chi connectivity index (χ0n) is 15.5. The highest BCUT2D eigenvalue weighted by Gasteiger charge is 2.38. The number of carbonyl (C=O) groups is 1. The molecule has 0 aromatic heterocycles. The number of nitrogens with one attached hydrogen (secondary N) is 1. The largest absolute Gasteiger partial charge is 0.490 e. The van der Waals surface area contributed by atoms with Crippen LogP contribution in [0.25, 0.3) is 0 Å². The summed E-state index contributed by atoms with van der Waals surface area (Å²) in [6.45, 7) is 4.07. The SMILES string of the molecule is Cc1ccc(Sc2cc(F)ccc2C2CCNCC2)c(Cl)c1.O=C(O)C(F)(F)F. The van der Waals surface area contributed by atoms with Crippen molar-refractivity contribution < 1.29 is 27.5 Å². The molecule has 158 valence electrons. The molecule has 3 nitrogen and oxygen atoms in total. The van der Waals surface area contributed by atoms with Crippen LogP contribution in [0.15, 0.2) is 46.2 Å². The number of aliphatic carboxylic acids is 1. The van der Waals surface area contributed by atoms with E-state index < -0.39 is 12.1 Å². The van der Waals surface area contributed by atoms with Gasteiger partial charge in [-0.2, -0.15) is 13.2 Å². The highest BCUT2D eigenvalue weighted by Crippen LogP contribution is 2.40. The van der Waals surface area contributed by atoms with Gasteiger partial charge in [0.25, 0.3) is 0 Å². The number of carboxylic acid groups (broad SMARTS) is 1. The number of hydrogen-bond donors (Lipinski definition) is 2. The van der Waals surface area contributed by atoms with Gasteiger partial charge in [-0.1, -0.05) is 35.5 Å². The van der Waals surface area contributed by atoms with Gasteiger partial charge in [-0.25, -0.2) is 9.18 Å². The second-order valence-electron chi connectivity index (χ2n) is 6.55. The molecule has 2 aromatic rings. The van der Waals surface area contributed by atoms with Crippen molar-refractivity contribution in [2.24, 2.45) is 0 Å². The number of alkyl halides is 3. The lowest BCUT2D eigenvalue weighted by Crippen LogP contribution is -2.26. The van der Waals surface area contributed by atoms with Crippen LogP contribution < -0.4 is 5.32 Å². The third-order valence-corrected chi connectivity index (χ3v) is 5.88. The van der Waals surface area contributed by atoms with E-state index in [0.717, 1.165) is 46.3 Å². The van der Waals surface area contributed by atoms with E-state index in [4.69, 9.17) is 21.5 Å². The second kappa shape index (κ2) is 10.3. The molecule has 0 aliphatic carbocycles. The minimum Gasteiger partial charge on any atom is -0.475 e. The molecule has 0 amide bonds. The Labute approximate surface area is 175 Å². The topological polar surface area (TPSA) is 49.3 Å². The third-order valence-electron chi connectivity index (χ3n) is 4.30. The molecule has 9 heteroatoms. The van der Waals surface area contributed by atoms with Crippen LogP contribution in [0.2, 0.25) is 5.02 Å². The Morgan fingerprint density at radius 2 is 1.76 bits per heavy atom. The molecule has 3 rings (SSSR count). The summed E-state index contributed by atoms with van der Waals surface area (Å²) in [6.07, 6.45) is -2.89. The minimum atomic E-state index is -5.08. The molecule has 1 fully saturated rings. The van der Waals surface area contributed by atoms with Gasteiger partial charge in [0.05, 0.1) is 5.02 Å². The van der Waals surface area contributed by atoms with E-state index in [1.54, 1.807) is 23.9 Å². The fraction of sp³-hybridized carbons (Fsp3) is 0.350. The van der Waals surface area contributed by atoms with Crippen LogP contribution in [-0.4, -0.2) is 30.3 Å². The maximum atomic E-state index is 13.7. The molecule has 0 spiro atoms. The summed E-state index contributed by atoms with van der Waals surface area (Å²) >= 11 is 7.90. The smallest absolute Gasteiger partial charge is 0.475 e. The number of hydrogen-bond acceptors (Lipinski definition) is 3. The number of carboxylic acids is 1. The first-order chi connectivity index (χ1) is 13.6. The van der Waals surface area contributed by atoms with Crippen molar-refractivity contribution in [3.8, 4) is 0 Å². The molecule has 0 bridgehead atoms. The van der Waals surface area contributed by atoms with Gasteiger partial charge in [-0.05, 0) is 74.2 Å². The lowest BCUT2D eigenvalue weighted by atomic mass is 9.90. The molecule has 1 aliphatic rings. The van der Waals surface area contributed by atoms with Crippen LogP contribution in [0.4, 0.5) is 17.6 Å². The molecule has 0 saturated carbocycles. The van der Waals surface area contributed by atoms with Crippen LogP contribution in [-0.2, 0) is 4.79 Å². The van der Waals surface area contributed by atoms with Crippen molar-refractivity contribution in [3.05, 3.63) is 58.4 Å². The molecule has 0 atom stereocenters. The zero-order valence-corrected chi connectivity index (χ0v) is 17.1. The van der Waals surface area contributed by atoms with Gasteiger partial charge in [0.15, 0.2) is 0 Å². The molecular formula is C20H20ClF4NO2S. The summed E-state index contributed by atoms with van der Waals surface area (Å²) in [5, 5.41) is 11.2. The summed E-state index contributed by atoms with van der Waals surface area (Å²) in [6, 6.07) is 11.1. The van der Waals surface area contributed by atoms with E-state index in [2.05, 4.69) is 5.32 Å². The Morgan fingerprint density at radius 1 is 1.14 bits per heavy atom. The molecule has 2 N–H and O–H groups in total. The van der Waals surface area contributed by atoms with Crippen molar-refractivity contribution >= 4 is 29.3 Å². The number of rotatable bonds is 3. The van der Waals surface area contributed by atoms with Gasteiger partial charge in [-0.3, -0.25) is 0 Å². The van der Waals surface area contributed by atoms with Crippen LogP contribution in [0.1, 0.15) is 29.9 Å². The zero-order chi connectivity index (χ0) is 21.6. The average Bonchev–Trinajstić information content (AvgIpc) is 2.65. The summed E-state index contributed by atoms with van der Waals surface area (Å²) in [5.41, 5.74) is 2.37. The fourth-order valence-electron chi connectivity index (χ4n) is 2.87. The molecular weight excluding hydrogens is 430 g/mol. The third kappa shape index (κ3) is 7.21. The van der Waals surface area contributed by atoms with E-state index in [0.29, 0.717) is 5.92 Å². The number of piperidine rings is 1. The molecule has 1 aliphatic heterocycles. The van der Waals surface area contributed by atoms with Crippen LogP contribution in [0, 0.1) is 12.7 Å². The number of benzene rings is 2. The molecule has 0 radical (unpaired) electrons. The maximum absolute atomic E-state index is 13.7. The van der Waals surface area contributed by atoms with Gasteiger partial charge in [0.2, 0.25) is 0 Å². The maximum Gasteiger partial charge on any atom is 0.490 e.